The van der Waals surface area contributed by atoms with E-state index in [1.165, 1.54) is 0 Å². The average molecular weight is 99.1 g/mol. The van der Waals surface area contributed by atoms with E-state index in [9.17, 15) is 0 Å². The van der Waals surface area contributed by atoms with Gasteiger partial charge in [0, 0.05) is 0 Å². The van der Waals surface area contributed by atoms with Gasteiger partial charge in [-0.25, -0.2) is 0 Å². The van der Waals surface area contributed by atoms with Crippen molar-refractivity contribution in [1.82, 2.24) is 0 Å². The molecule has 0 saturated heterocycles. The zero-order valence-electron chi connectivity index (χ0n) is 4.60. The molecule has 0 fully saturated rings. The van der Waals surface area contributed by atoms with E-state index in [-0.39, 0.29) is 5.76 Å². The van der Waals surface area contributed by atoms with Crippen molar-refractivity contribution < 1.29 is 5.11 Å². The molecular weight excluding hydrogens is 90.1 g/mol. The third-order valence-corrected chi connectivity index (χ3v) is 0.761. The molecule has 0 aromatic carbocycles. The molecule has 0 bridgehead atoms. The van der Waals surface area contributed by atoms with Crippen LogP contribution >= 0.6 is 0 Å². The molecule has 0 amide bonds. The van der Waals surface area contributed by atoms with Crippen LogP contribution in [0.2, 0.25) is 0 Å². The highest BCUT2D eigenvalue weighted by Crippen LogP contribution is 1.97. The van der Waals surface area contributed by atoms with Gasteiger partial charge in [-0.2, -0.15) is 0 Å². The van der Waals surface area contributed by atoms with Crippen LogP contribution in [-0.4, -0.2) is 11.8 Å². The molecule has 0 unspecified atom stereocenters. The minimum atomic E-state index is 0.231. The Kier molecular flexibility index (Phi) is 2.12. The second-order valence-corrected chi connectivity index (χ2v) is 1.33. The largest absolute Gasteiger partial charge is 0.511 e. The van der Waals surface area contributed by atoms with Crippen molar-refractivity contribution in [2.75, 3.05) is 0 Å². The lowest BCUT2D eigenvalue weighted by atomic mass is 10.4. The van der Waals surface area contributed by atoms with Crippen molar-refractivity contribution in [3.63, 3.8) is 0 Å². The van der Waals surface area contributed by atoms with Crippen molar-refractivity contribution in [3.05, 3.63) is 11.5 Å². The van der Waals surface area contributed by atoms with E-state index in [0.29, 0.717) is 5.70 Å². The van der Waals surface area contributed by atoms with Crippen molar-refractivity contribution in [2.24, 2.45) is 4.99 Å². The summed E-state index contributed by atoms with van der Waals surface area (Å²) in [5, 5.41) is 8.57. The predicted molar refractivity (Wildman–Crippen MR) is 30.6 cm³/mol. The molecule has 7 heavy (non-hydrogen) atoms. The maximum atomic E-state index is 8.57. The molecule has 0 saturated carbocycles. The standard InChI is InChI=1S/C5H9NO/c1-4(6-3)5(2)7/h7H,3H2,1-2H3/b5-4-. The van der Waals surface area contributed by atoms with Crippen molar-refractivity contribution in [3.8, 4) is 0 Å². The van der Waals surface area contributed by atoms with E-state index in [2.05, 4.69) is 11.7 Å². The van der Waals surface area contributed by atoms with Crippen molar-refractivity contribution in [2.45, 2.75) is 13.8 Å². The van der Waals surface area contributed by atoms with Crippen LogP contribution in [0.25, 0.3) is 0 Å². The van der Waals surface area contributed by atoms with E-state index < -0.39 is 0 Å². The van der Waals surface area contributed by atoms with Gasteiger partial charge in [-0.05, 0) is 20.6 Å². The lowest BCUT2D eigenvalue weighted by Crippen LogP contribution is -1.74. The summed E-state index contributed by atoms with van der Waals surface area (Å²) in [6.45, 7) is 6.48. The Morgan fingerprint density at radius 3 is 2.00 bits per heavy atom. The number of aliphatic hydroxyl groups is 1. The van der Waals surface area contributed by atoms with Gasteiger partial charge in [0.05, 0.1) is 5.70 Å². The molecule has 0 aliphatic carbocycles. The number of aliphatic hydroxyl groups excluding tert-OH is 1. The van der Waals surface area contributed by atoms with E-state index in [1.807, 2.05) is 0 Å². The number of rotatable bonds is 1. The highest BCUT2D eigenvalue weighted by Gasteiger charge is 1.83. The van der Waals surface area contributed by atoms with Crippen LogP contribution in [0.3, 0.4) is 0 Å². The molecule has 0 spiro atoms. The highest BCUT2D eigenvalue weighted by molar-refractivity contribution is 5.28. The number of aliphatic imine (C=N–C) groups is 1. The zero-order valence-corrected chi connectivity index (χ0v) is 4.60. The lowest BCUT2D eigenvalue weighted by molar-refractivity contribution is 0.406. The number of nitrogens with zero attached hydrogens (tertiary/aromatic N) is 1. The van der Waals surface area contributed by atoms with Crippen molar-refractivity contribution >= 4 is 6.72 Å². The first-order valence-corrected chi connectivity index (χ1v) is 2.01. The summed E-state index contributed by atoms with van der Waals surface area (Å²) in [5.74, 6) is 0.231. The summed E-state index contributed by atoms with van der Waals surface area (Å²) >= 11 is 0. The Bertz CT molecular complexity index is 101. The van der Waals surface area contributed by atoms with Crippen LogP contribution in [-0.2, 0) is 0 Å². The summed E-state index contributed by atoms with van der Waals surface area (Å²) < 4.78 is 0. The summed E-state index contributed by atoms with van der Waals surface area (Å²) in [5.41, 5.74) is 0.583. The fourth-order valence-corrected chi connectivity index (χ4v) is 0.114. The van der Waals surface area contributed by atoms with Crippen LogP contribution in [0.5, 0.6) is 0 Å². The normalized spacial score (nSPS) is 12.9. The summed E-state index contributed by atoms with van der Waals surface area (Å²) in [7, 11) is 0. The molecule has 1 N–H and O–H groups in total. The Labute approximate surface area is 43.2 Å². The van der Waals surface area contributed by atoms with E-state index >= 15 is 0 Å². The monoisotopic (exact) mass is 99.1 g/mol. The second kappa shape index (κ2) is 2.39. The van der Waals surface area contributed by atoms with Crippen LogP contribution < -0.4 is 0 Å². The van der Waals surface area contributed by atoms with Crippen LogP contribution in [0, 0.1) is 0 Å². The molecule has 40 valence electrons. The summed E-state index contributed by atoms with van der Waals surface area (Å²) in [4.78, 5) is 3.47. The maximum Gasteiger partial charge on any atom is 0.110 e. The first-order chi connectivity index (χ1) is 3.18. The fourth-order valence-electron chi connectivity index (χ4n) is 0.114. The third-order valence-electron chi connectivity index (χ3n) is 0.761. The van der Waals surface area contributed by atoms with Gasteiger partial charge < -0.3 is 5.11 Å². The summed E-state index contributed by atoms with van der Waals surface area (Å²) in [6.07, 6.45) is 0. The SMILES string of the molecule is C=N/C(C)=C(/C)O. The van der Waals surface area contributed by atoms with Gasteiger partial charge in [0.15, 0.2) is 0 Å². The molecule has 0 radical (unpaired) electrons. The highest BCUT2D eigenvalue weighted by atomic mass is 16.3. The molecule has 0 aromatic rings. The smallest absolute Gasteiger partial charge is 0.110 e. The molecule has 0 heterocycles. The Balaban J connectivity index is 3.98. The minimum absolute atomic E-state index is 0.231. The molecule has 0 aliphatic rings. The van der Waals surface area contributed by atoms with Gasteiger partial charge in [-0.3, -0.25) is 4.99 Å². The topological polar surface area (TPSA) is 32.6 Å². The third kappa shape index (κ3) is 1.98. The quantitative estimate of drug-likeness (QED) is 0.392. The van der Waals surface area contributed by atoms with Gasteiger partial charge in [-0.1, -0.05) is 0 Å². The van der Waals surface area contributed by atoms with Crippen LogP contribution in [0.1, 0.15) is 13.8 Å². The van der Waals surface area contributed by atoms with Crippen molar-refractivity contribution in [1.29, 1.82) is 0 Å². The molecule has 0 atom stereocenters. The maximum absolute atomic E-state index is 8.57. The van der Waals surface area contributed by atoms with Crippen LogP contribution in [0.4, 0.5) is 0 Å². The fraction of sp³-hybridized carbons (Fsp3) is 0.400. The Hall–Kier alpha value is -0.790. The molecule has 2 nitrogen and oxygen atoms in total. The van der Waals surface area contributed by atoms with Crippen LogP contribution in [0.15, 0.2) is 16.4 Å². The van der Waals surface area contributed by atoms with Gasteiger partial charge in [-0.15, -0.1) is 0 Å². The van der Waals surface area contributed by atoms with E-state index in [1.54, 1.807) is 13.8 Å². The molecular formula is C5H9NO. The molecule has 0 rings (SSSR count). The van der Waals surface area contributed by atoms with Gasteiger partial charge >= 0.3 is 0 Å². The number of allylic oxidation sites excluding steroid dienone is 2. The molecule has 2 heteroatoms. The zero-order chi connectivity index (χ0) is 5.86. The van der Waals surface area contributed by atoms with Gasteiger partial charge in [0.2, 0.25) is 0 Å². The first-order valence-electron chi connectivity index (χ1n) is 2.01. The minimum Gasteiger partial charge on any atom is -0.511 e. The van der Waals surface area contributed by atoms with Gasteiger partial charge in [0.25, 0.3) is 0 Å². The average Bonchev–Trinajstić information content (AvgIpc) is 1.65. The number of hydrogen-bond donors (Lipinski definition) is 1. The Morgan fingerprint density at radius 2 is 2.00 bits per heavy atom. The first kappa shape index (κ1) is 6.21. The second-order valence-electron chi connectivity index (χ2n) is 1.33. The van der Waals surface area contributed by atoms with Gasteiger partial charge in [0.1, 0.15) is 5.76 Å². The van der Waals surface area contributed by atoms with E-state index in [0.717, 1.165) is 0 Å². The molecule has 0 aliphatic heterocycles. The lowest BCUT2D eigenvalue weighted by Gasteiger charge is -1.88. The Morgan fingerprint density at radius 1 is 1.57 bits per heavy atom. The predicted octanol–water partition coefficient (Wildman–Crippen LogP) is 1.50. The van der Waals surface area contributed by atoms with E-state index in [4.69, 9.17) is 5.11 Å². The summed E-state index contributed by atoms with van der Waals surface area (Å²) in [6, 6.07) is 0. The molecule has 0 aromatic heterocycles. The number of hydrogen-bond acceptors (Lipinski definition) is 2.